The van der Waals surface area contributed by atoms with E-state index < -0.39 is 0 Å². The molecule has 0 aliphatic carbocycles. The lowest BCUT2D eigenvalue weighted by Crippen LogP contribution is -2.61. The Balaban J connectivity index is 0.821. The summed E-state index contributed by atoms with van der Waals surface area (Å²) in [7, 11) is 0. The van der Waals surface area contributed by atoms with Gasteiger partial charge < -0.3 is 19.1 Å². The van der Waals surface area contributed by atoms with Gasteiger partial charge in [0.25, 0.3) is 13.0 Å². The van der Waals surface area contributed by atoms with Gasteiger partial charge in [0.2, 0.25) is 0 Å². The summed E-state index contributed by atoms with van der Waals surface area (Å²) in [5.74, 6) is 5.56. The van der Waals surface area contributed by atoms with Gasteiger partial charge in [-0.2, -0.15) is 0 Å². The first kappa shape index (κ1) is 45.1. The van der Waals surface area contributed by atoms with Crippen molar-refractivity contribution in [2.75, 3.05) is 4.90 Å². The summed E-state index contributed by atoms with van der Waals surface area (Å²) >= 11 is 0. The number of fused-ring (bicyclic) bond motifs is 4. The number of para-hydroxylation sites is 5. The Labute approximate surface area is 457 Å². The number of pyridine rings is 1. The number of ether oxygens (including phenoxy) is 3. The molecule has 0 bridgehead atoms. The summed E-state index contributed by atoms with van der Waals surface area (Å²) in [5.41, 5.74) is 17.9. The normalized spacial score (nSPS) is 12.9. The lowest BCUT2D eigenvalue weighted by Gasteiger charge is -2.42. The Morgan fingerprint density at radius 3 is 1.86 bits per heavy atom. The molecule has 0 radical (unpaired) electrons. The second kappa shape index (κ2) is 17.2. The van der Waals surface area contributed by atoms with Crippen molar-refractivity contribution in [1.82, 2.24) is 14.1 Å². The summed E-state index contributed by atoms with van der Waals surface area (Å²) < 4.78 is 27.6. The standard InChI is InChI=1S/C70H48BN5O3/c1-70(2,3)46-36-37-72-65(40-46)76-55-27-11-10-24-53(55)54-35-34-50(42-60(54)76)77-49-23-14-22-48(41-49)73-43-74(57-29-13-12-28-56(57)73)69-51(44-18-6-4-7-19-44)25-15-26-52(69)45-38-63-68-64(39-45)79-62-33-17-31-59-67(62)71(68)66-58(30-16-32-61(66)78-63)75(59)47-20-8-5-9-21-47/h4-42H,1-3H3. The molecule has 3 aliphatic heterocycles. The van der Waals surface area contributed by atoms with Crippen molar-refractivity contribution >= 4 is 73.0 Å². The molecular formula is C70H48BN5O3. The maximum absolute atomic E-state index is 7.08. The van der Waals surface area contributed by atoms with Crippen molar-refractivity contribution in [3.8, 4) is 73.9 Å². The minimum absolute atomic E-state index is 0.0342. The van der Waals surface area contributed by atoms with E-state index in [0.717, 1.165) is 134 Å². The highest BCUT2D eigenvalue weighted by molar-refractivity contribution is 7.00. The summed E-state index contributed by atoms with van der Waals surface area (Å²) in [6.45, 7) is 6.63. The SMILES string of the molecule is CC(C)(C)c1ccnc(-n2c3ccccc3c3ccc(Oc4cccc(-n5[c-][n+](-c6c(-c7ccccc7)cccc6-c6cc7c8c(c6)Oc6cccc9c6B8c6c(cccc6N9c6ccccc6)O7)c6ccccc65)c4)cc32)c1. The van der Waals surface area contributed by atoms with Crippen molar-refractivity contribution in [2.24, 2.45) is 0 Å². The molecule has 0 saturated heterocycles. The molecule has 13 aromatic rings. The molecule has 10 aromatic carbocycles. The van der Waals surface area contributed by atoms with Crippen LogP contribution in [-0.2, 0) is 5.41 Å². The van der Waals surface area contributed by atoms with Crippen LogP contribution in [0.1, 0.15) is 26.3 Å². The Kier molecular flexibility index (Phi) is 9.82. The molecule has 0 spiro atoms. The van der Waals surface area contributed by atoms with Crippen LogP contribution in [0.3, 0.4) is 0 Å². The zero-order valence-electron chi connectivity index (χ0n) is 43.6. The summed E-state index contributed by atoms with van der Waals surface area (Å²) in [5, 5.41) is 2.30. The molecule has 0 fully saturated rings. The number of rotatable bonds is 8. The zero-order valence-corrected chi connectivity index (χ0v) is 43.6. The fourth-order valence-corrected chi connectivity index (χ4v) is 12.5. The molecule has 0 saturated carbocycles. The first-order valence-corrected chi connectivity index (χ1v) is 26.9. The van der Waals surface area contributed by atoms with Crippen LogP contribution in [0.25, 0.3) is 72.3 Å². The average Bonchev–Trinajstić information content (AvgIpc) is 4.23. The molecule has 9 heteroatoms. The first-order valence-electron chi connectivity index (χ1n) is 26.9. The third kappa shape index (κ3) is 7.02. The van der Waals surface area contributed by atoms with Gasteiger partial charge in [-0.25, -0.2) is 4.98 Å². The Hall–Kier alpha value is -10.1. The molecule has 0 atom stereocenters. The maximum Gasteiger partial charge on any atom is 0.269 e. The lowest BCUT2D eigenvalue weighted by molar-refractivity contribution is -0.571. The fourth-order valence-electron chi connectivity index (χ4n) is 12.5. The van der Waals surface area contributed by atoms with E-state index in [1.165, 1.54) is 5.56 Å². The van der Waals surface area contributed by atoms with Crippen LogP contribution < -0.4 is 40.1 Å². The molecule has 374 valence electrons. The van der Waals surface area contributed by atoms with Gasteiger partial charge in [-0.05, 0) is 141 Å². The Bertz CT molecular complexity index is 4580. The Morgan fingerprint density at radius 1 is 0.494 bits per heavy atom. The van der Waals surface area contributed by atoms with Crippen LogP contribution in [0.15, 0.2) is 237 Å². The average molecular weight is 1020 g/mol. The number of hydrogen-bond donors (Lipinski definition) is 0. The van der Waals surface area contributed by atoms with E-state index in [9.17, 15) is 0 Å². The van der Waals surface area contributed by atoms with E-state index in [1.807, 2.05) is 18.3 Å². The molecule has 3 aliphatic rings. The van der Waals surface area contributed by atoms with Crippen molar-refractivity contribution in [2.45, 2.75) is 26.2 Å². The summed E-state index contributed by atoms with van der Waals surface area (Å²) in [6, 6.07) is 80.9. The molecule has 0 N–H and O–H groups in total. The van der Waals surface area contributed by atoms with Crippen molar-refractivity contribution < 1.29 is 18.8 Å². The lowest BCUT2D eigenvalue weighted by atomic mass is 9.33. The van der Waals surface area contributed by atoms with E-state index in [2.05, 4.69) is 264 Å². The van der Waals surface area contributed by atoms with Crippen LogP contribution in [0, 0.1) is 6.33 Å². The molecule has 79 heavy (non-hydrogen) atoms. The predicted octanol–water partition coefficient (Wildman–Crippen LogP) is 15.1. The number of imidazole rings is 1. The molecule has 0 unspecified atom stereocenters. The number of benzene rings is 10. The molecule has 0 amide bonds. The predicted molar refractivity (Wildman–Crippen MR) is 318 cm³/mol. The zero-order chi connectivity index (χ0) is 52.5. The third-order valence-corrected chi connectivity index (χ3v) is 16.0. The second-order valence-electron chi connectivity index (χ2n) is 21.7. The van der Waals surface area contributed by atoms with Crippen LogP contribution in [0.2, 0.25) is 0 Å². The van der Waals surface area contributed by atoms with E-state index in [-0.39, 0.29) is 12.1 Å². The fraction of sp³-hybridized carbons (Fsp3) is 0.0571. The second-order valence-corrected chi connectivity index (χ2v) is 21.7. The van der Waals surface area contributed by atoms with E-state index >= 15 is 0 Å². The molecule has 16 rings (SSSR count). The number of hydrogen-bond acceptors (Lipinski definition) is 5. The van der Waals surface area contributed by atoms with Crippen LogP contribution in [-0.4, -0.2) is 20.8 Å². The highest BCUT2D eigenvalue weighted by Gasteiger charge is 2.47. The van der Waals surface area contributed by atoms with E-state index in [0.29, 0.717) is 5.75 Å². The maximum atomic E-state index is 7.08. The van der Waals surface area contributed by atoms with Crippen molar-refractivity contribution in [3.63, 3.8) is 0 Å². The minimum Gasteiger partial charge on any atom is -0.458 e. The van der Waals surface area contributed by atoms with Crippen LogP contribution >= 0.6 is 0 Å². The number of anilines is 3. The minimum atomic E-state index is -0.0718. The van der Waals surface area contributed by atoms with Crippen LogP contribution in [0.5, 0.6) is 34.5 Å². The van der Waals surface area contributed by atoms with Crippen LogP contribution in [0.4, 0.5) is 17.1 Å². The molecule has 6 heterocycles. The quantitative estimate of drug-likeness (QED) is 0.0862. The van der Waals surface area contributed by atoms with Gasteiger partial charge in [-0.1, -0.05) is 148 Å². The smallest absolute Gasteiger partial charge is 0.269 e. The largest absolute Gasteiger partial charge is 0.458 e. The molecule has 8 nitrogen and oxygen atoms in total. The monoisotopic (exact) mass is 1020 g/mol. The number of aromatic nitrogens is 4. The highest BCUT2D eigenvalue weighted by atomic mass is 16.5. The van der Waals surface area contributed by atoms with Gasteiger partial charge in [0.15, 0.2) is 0 Å². The third-order valence-electron chi connectivity index (χ3n) is 16.0. The van der Waals surface area contributed by atoms with E-state index in [1.54, 1.807) is 0 Å². The van der Waals surface area contributed by atoms with Crippen molar-refractivity contribution in [1.29, 1.82) is 0 Å². The number of nitrogens with zero attached hydrogens (tertiary/aromatic N) is 5. The molecule has 3 aromatic heterocycles. The van der Waals surface area contributed by atoms with Crippen molar-refractivity contribution in [3.05, 3.63) is 249 Å². The first-order chi connectivity index (χ1) is 38.8. The van der Waals surface area contributed by atoms with E-state index in [4.69, 9.17) is 19.2 Å². The van der Waals surface area contributed by atoms with Gasteiger partial charge in [-0.3, -0.25) is 13.7 Å². The highest BCUT2D eigenvalue weighted by Crippen LogP contribution is 2.47. The summed E-state index contributed by atoms with van der Waals surface area (Å²) in [6.07, 6.45) is 5.79. The van der Waals surface area contributed by atoms with Gasteiger partial charge in [0, 0.05) is 45.6 Å². The van der Waals surface area contributed by atoms with Gasteiger partial charge >= 0.3 is 0 Å². The Morgan fingerprint density at radius 2 is 1.11 bits per heavy atom. The van der Waals surface area contributed by atoms with Gasteiger partial charge in [0.05, 0.1) is 33.4 Å². The topological polar surface area (TPSA) is 57.6 Å². The van der Waals surface area contributed by atoms with Gasteiger partial charge in [0.1, 0.15) is 40.3 Å². The van der Waals surface area contributed by atoms with Gasteiger partial charge in [-0.15, -0.1) is 0 Å². The molecular weight excluding hydrogens is 970 g/mol. The summed E-state index contributed by atoms with van der Waals surface area (Å²) in [4.78, 5) is 7.25.